The molecule has 46 heavy (non-hydrogen) atoms. The lowest BCUT2D eigenvalue weighted by Gasteiger charge is -2.10. The van der Waals surface area contributed by atoms with Crippen molar-refractivity contribution in [3.8, 4) is 22.3 Å². The zero-order valence-corrected chi connectivity index (χ0v) is 26.2. The molecule has 0 saturated heterocycles. The zero-order valence-electron chi connectivity index (χ0n) is 24.5. The molecule has 0 aliphatic rings. The third-order valence-corrected chi connectivity index (χ3v) is 8.51. The third-order valence-electron chi connectivity index (χ3n) is 6.72. The van der Waals surface area contributed by atoms with Gasteiger partial charge in [0.25, 0.3) is 11.8 Å². The van der Waals surface area contributed by atoms with Crippen LogP contribution in [0.3, 0.4) is 0 Å². The molecule has 8 nitrogen and oxygen atoms in total. The van der Waals surface area contributed by atoms with Gasteiger partial charge in [-0.3, -0.25) is 9.59 Å². The topological polar surface area (TPSA) is 111 Å². The van der Waals surface area contributed by atoms with Crippen molar-refractivity contribution < 1.29 is 37.4 Å². The van der Waals surface area contributed by atoms with Gasteiger partial charge in [0.2, 0.25) is 0 Å². The molecule has 5 rings (SSSR count). The summed E-state index contributed by atoms with van der Waals surface area (Å²) < 4.78 is 37.4. The number of thiophene rings is 2. The number of hydrogen-bond donors (Lipinski definition) is 2. The molecule has 234 valence electrons. The standard InChI is InChI=1S/C34H26F2N2O6S2/c1-3-43-33(41)27-25(19-9-13-23(35)14-10-19)17-45-31(27)37-29(39)21-5-7-22(8-6-21)30(40)38-32-28(34(42)44-4-2)26(18-46-32)20-11-15-24(36)16-12-20/h5-18H,3-4H2,1-2H3,(H,37,39)(H,38,40). The largest absolute Gasteiger partial charge is 0.462 e. The summed E-state index contributed by atoms with van der Waals surface area (Å²) in [5.74, 6) is -3.18. The van der Waals surface area contributed by atoms with Crippen molar-refractivity contribution in [2.45, 2.75) is 13.8 Å². The van der Waals surface area contributed by atoms with E-state index in [1.54, 1.807) is 24.6 Å². The van der Waals surface area contributed by atoms with Gasteiger partial charge in [-0.15, -0.1) is 22.7 Å². The highest BCUT2D eigenvalue weighted by molar-refractivity contribution is 7.15. The van der Waals surface area contributed by atoms with Crippen LogP contribution in [0, 0.1) is 11.6 Å². The summed E-state index contributed by atoms with van der Waals surface area (Å²) in [6.07, 6.45) is 0. The van der Waals surface area contributed by atoms with Gasteiger partial charge in [-0.2, -0.15) is 0 Å². The van der Waals surface area contributed by atoms with Crippen molar-refractivity contribution in [3.05, 3.63) is 117 Å². The molecule has 12 heteroatoms. The first-order chi connectivity index (χ1) is 22.2. The number of amides is 2. The molecule has 0 radical (unpaired) electrons. The lowest BCUT2D eigenvalue weighted by Crippen LogP contribution is -2.16. The molecule has 0 bridgehead atoms. The smallest absolute Gasteiger partial charge is 0.341 e. The van der Waals surface area contributed by atoms with E-state index in [0.29, 0.717) is 22.3 Å². The molecule has 2 N–H and O–H groups in total. The van der Waals surface area contributed by atoms with E-state index >= 15 is 0 Å². The van der Waals surface area contributed by atoms with Crippen LogP contribution in [0.4, 0.5) is 18.8 Å². The highest BCUT2D eigenvalue weighted by Gasteiger charge is 2.25. The minimum absolute atomic E-state index is 0.120. The number of ether oxygens (including phenoxy) is 2. The first kappa shape index (κ1) is 32.2. The van der Waals surface area contributed by atoms with E-state index in [1.807, 2.05) is 0 Å². The maximum atomic E-state index is 13.5. The predicted molar refractivity (Wildman–Crippen MR) is 174 cm³/mol. The number of esters is 2. The Labute approximate surface area is 270 Å². The summed E-state index contributed by atoms with van der Waals surface area (Å²) in [6.45, 7) is 3.57. The second-order valence-corrected chi connectivity index (χ2v) is 11.4. The third kappa shape index (κ3) is 7.03. The summed E-state index contributed by atoms with van der Waals surface area (Å²) in [5.41, 5.74) is 2.87. The first-order valence-corrected chi connectivity index (χ1v) is 15.8. The van der Waals surface area contributed by atoms with E-state index < -0.39 is 35.4 Å². The molecule has 0 aliphatic heterocycles. The number of carbonyl (C=O) groups excluding carboxylic acids is 4. The Morgan fingerprint density at radius 2 is 0.935 bits per heavy atom. The van der Waals surface area contributed by atoms with Crippen molar-refractivity contribution in [1.29, 1.82) is 0 Å². The van der Waals surface area contributed by atoms with E-state index in [9.17, 15) is 28.0 Å². The van der Waals surface area contributed by atoms with Gasteiger partial charge in [-0.05, 0) is 73.5 Å². The lowest BCUT2D eigenvalue weighted by atomic mass is 10.0. The van der Waals surface area contributed by atoms with Crippen LogP contribution in [0.5, 0.6) is 0 Å². The van der Waals surface area contributed by atoms with Crippen LogP contribution in [0.15, 0.2) is 83.6 Å². The number of rotatable bonds is 10. The fourth-order valence-electron chi connectivity index (χ4n) is 4.52. The molecule has 0 spiro atoms. The molecule has 0 unspecified atom stereocenters. The average Bonchev–Trinajstić information content (AvgIpc) is 3.66. The highest BCUT2D eigenvalue weighted by Crippen LogP contribution is 2.38. The summed E-state index contributed by atoms with van der Waals surface area (Å²) >= 11 is 2.25. The first-order valence-electron chi connectivity index (χ1n) is 14.0. The quantitative estimate of drug-likeness (QED) is 0.146. The van der Waals surface area contributed by atoms with Gasteiger partial charge in [0.05, 0.1) is 13.2 Å². The lowest BCUT2D eigenvalue weighted by molar-refractivity contribution is 0.0519. The van der Waals surface area contributed by atoms with Crippen LogP contribution in [0.1, 0.15) is 55.3 Å². The SMILES string of the molecule is CCOC(=O)c1c(-c2ccc(F)cc2)csc1NC(=O)c1ccc(C(=O)Nc2scc(-c3ccc(F)cc3)c2C(=O)OCC)cc1. The molecule has 2 heterocycles. The van der Waals surface area contributed by atoms with Gasteiger partial charge < -0.3 is 20.1 Å². The Bertz CT molecular complexity index is 1760. The minimum Gasteiger partial charge on any atom is -0.462 e. The van der Waals surface area contributed by atoms with Crippen LogP contribution in [0.25, 0.3) is 22.3 Å². The fraction of sp³-hybridized carbons (Fsp3) is 0.118. The van der Waals surface area contributed by atoms with Gasteiger partial charge in [0, 0.05) is 33.0 Å². The van der Waals surface area contributed by atoms with Crippen molar-refractivity contribution in [2.75, 3.05) is 23.8 Å². The second kappa shape index (κ2) is 14.3. The van der Waals surface area contributed by atoms with Crippen LogP contribution >= 0.6 is 22.7 Å². The molecule has 3 aromatic carbocycles. The fourth-order valence-corrected chi connectivity index (χ4v) is 6.42. The Kier molecular flexibility index (Phi) is 9.99. The van der Waals surface area contributed by atoms with Gasteiger partial charge in [0.15, 0.2) is 0 Å². The molecule has 2 aromatic heterocycles. The van der Waals surface area contributed by atoms with Crippen LogP contribution in [0.2, 0.25) is 0 Å². The predicted octanol–water partition coefficient (Wildman–Crippen LogP) is 8.28. The summed E-state index contributed by atoms with van der Waals surface area (Å²) in [7, 11) is 0. The summed E-state index contributed by atoms with van der Waals surface area (Å²) in [5, 5.41) is 9.35. The zero-order chi connectivity index (χ0) is 32.8. The number of halogens is 2. The molecule has 0 fully saturated rings. The molecule has 2 amide bonds. The number of carbonyl (C=O) groups is 4. The van der Waals surface area contributed by atoms with Crippen molar-refractivity contribution >= 4 is 56.4 Å². The highest BCUT2D eigenvalue weighted by atomic mass is 32.1. The van der Waals surface area contributed by atoms with Crippen LogP contribution in [-0.4, -0.2) is 37.0 Å². The van der Waals surface area contributed by atoms with Gasteiger partial charge in [0.1, 0.15) is 32.8 Å². The van der Waals surface area contributed by atoms with Gasteiger partial charge in [-0.25, -0.2) is 18.4 Å². The Morgan fingerprint density at radius 1 is 0.587 bits per heavy atom. The van der Waals surface area contributed by atoms with Crippen molar-refractivity contribution in [3.63, 3.8) is 0 Å². The molecule has 0 atom stereocenters. The number of benzene rings is 3. The Balaban J connectivity index is 1.34. The average molecular weight is 661 g/mol. The molecular weight excluding hydrogens is 635 g/mol. The monoisotopic (exact) mass is 660 g/mol. The van der Waals surface area contributed by atoms with E-state index in [-0.39, 0.29) is 45.5 Å². The van der Waals surface area contributed by atoms with Crippen molar-refractivity contribution in [2.24, 2.45) is 0 Å². The number of anilines is 2. The van der Waals surface area contributed by atoms with Crippen molar-refractivity contribution in [1.82, 2.24) is 0 Å². The maximum absolute atomic E-state index is 13.5. The van der Waals surface area contributed by atoms with E-state index in [2.05, 4.69) is 10.6 Å². The minimum atomic E-state index is -0.635. The summed E-state index contributed by atoms with van der Waals surface area (Å²) in [4.78, 5) is 52.0. The van der Waals surface area contributed by atoms with E-state index in [0.717, 1.165) is 22.7 Å². The van der Waals surface area contributed by atoms with Crippen LogP contribution < -0.4 is 10.6 Å². The molecule has 0 aliphatic carbocycles. The Hall–Kier alpha value is -5.20. The van der Waals surface area contributed by atoms with Gasteiger partial charge >= 0.3 is 11.9 Å². The molecule has 0 saturated carbocycles. The Morgan fingerprint density at radius 3 is 1.26 bits per heavy atom. The van der Waals surface area contributed by atoms with E-state index in [4.69, 9.17) is 9.47 Å². The number of hydrogen-bond acceptors (Lipinski definition) is 8. The maximum Gasteiger partial charge on any atom is 0.341 e. The molecule has 5 aromatic rings. The molecular formula is C34H26F2N2O6S2. The second-order valence-electron chi connectivity index (χ2n) is 9.65. The number of nitrogens with one attached hydrogen (secondary N) is 2. The summed E-state index contributed by atoms with van der Waals surface area (Å²) in [6, 6.07) is 17.0. The van der Waals surface area contributed by atoms with Gasteiger partial charge in [-0.1, -0.05) is 24.3 Å². The van der Waals surface area contributed by atoms with E-state index in [1.165, 1.54) is 72.8 Å². The van der Waals surface area contributed by atoms with Crippen LogP contribution in [-0.2, 0) is 9.47 Å². The normalized spacial score (nSPS) is 10.7.